The fourth-order valence-corrected chi connectivity index (χ4v) is 2.08. The minimum Gasteiger partial charge on any atom is -0.306 e. The Labute approximate surface area is 122 Å². The van der Waals surface area contributed by atoms with E-state index in [9.17, 15) is 0 Å². The standard InChI is InChI=1S/C15H18BrN3/c1-15(2,3)18-10-11-8-9-17-14(19-11)12-6-4-5-7-13(12)16/h4-9,18H,10H2,1-3H3. The zero-order valence-corrected chi connectivity index (χ0v) is 13.0. The minimum atomic E-state index is 0.0818. The zero-order chi connectivity index (χ0) is 13.9. The van der Waals surface area contributed by atoms with Gasteiger partial charge in [0.05, 0.1) is 5.69 Å². The van der Waals surface area contributed by atoms with Crippen molar-refractivity contribution in [2.24, 2.45) is 0 Å². The summed E-state index contributed by atoms with van der Waals surface area (Å²) >= 11 is 3.53. The normalized spacial score (nSPS) is 11.6. The Bertz CT molecular complexity index is 561. The monoisotopic (exact) mass is 319 g/mol. The van der Waals surface area contributed by atoms with E-state index in [1.54, 1.807) is 6.20 Å². The molecule has 1 heterocycles. The third kappa shape index (κ3) is 4.11. The first-order valence-corrected chi connectivity index (χ1v) is 7.07. The van der Waals surface area contributed by atoms with Crippen LogP contribution in [0.25, 0.3) is 11.4 Å². The number of hydrogen-bond acceptors (Lipinski definition) is 3. The molecule has 0 saturated heterocycles. The molecule has 0 amide bonds. The van der Waals surface area contributed by atoms with Crippen LogP contribution in [0.1, 0.15) is 26.5 Å². The Kier molecular flexibility index (Phi) is 4.32. The van der Waals surface area contributed by atoms with Gasteiger partial charge >= 0.3 is 0 Å². The summed E-state index contributed by atoms with van der Waals surface area (Å²) in [4.78, 5) is 8.95. The largest absolute Gasteiger partial charge is 0.306 e. The third-order valence-electron chi connectivity index (χ3n) is 2.63. The fourth-order valence-electron chi connectivity index (χ4n) is 1.62. The molecule has 1 aromatic heterocycles. The van der Waals surface area contributed by atoms with E-state index < -0.39 is 0 Å². The van der Waals surface area contributed by atoms with Crippen LogP contribution in [0.5, 0.6) is 0 Å². The van der Waals surface area contributed by atoms with Crippen molar-refractivity contribution in [3.05, 3.63) is 46.7 Å². The summed E-state index contributed by atoms with van der Waals surface area (Å²) in [6.45, 7) is 7.16. The van der Waals surface area contributed by atoms with Gasteiger partial charge in [-0.25, -0.2) is 9.97 Å². The Morgan fingerprint density at radius 2 is 1.89 bits per heavy atom. The van der Waals surface area contributed by atoms with Crippen LogP contribution in [-0.4, -0.2) is 15.5 Å². The van der Waals surface area contributed by atoms with E-state index in [1.165, 1.54) is 0 Å². The van der Waals surface area contributed by atoms with Crippen LogP contribution in [0.4, 0.5) is 0 Å². The molecule has 0 aliphatic heterocycles. The Morgan fingerprint density at radius 3 is 2.58 bits per heavy atom. The molecule has 0 spiro atoms. The van der Waals surface area contributed by atoms with Gasteiger partial charge in [0.1, 0.15) is 0 Å². The lowest BCUT2D eigenvalue weighted by Crippen LogP contribution is -2.35. The SMILES string of the molecule is CC(C)(C)NCc1ccnc(-c2ccccc2Br)n1. The smallest absolute Gasteiger partial charge is 0.160 e. The van der Waals surface area contributed by atoms with Crippen molar-refractivity contribution < 1.29 is 0 Å². The minimum absolute atomic E-state index is 0.0818. The molecule has 0 fully saturated rings. The number of benzene rings is 1. The molecule has 0 aliphatic rings. The molecule has 0 aliphatic carbocycles. The predicted octanol–water partition coefficient (Wildman–Crippen LogP) is 3.79. The number of halogens is 1. The van der Waals surface area contributed by atoms with Crippen LogP contribution in [-0.2, 0) is 6.54 Å². The maximum absolute atomic E-state index is 4.60. The lowest BCUT2D eigenvalue weighted by Gasteiger charge is -2.20. The second-order valence-electron chi connectivity index (χ2n) is 5.45. The third-order valence-corrected chi connectivity index (χ3v) is 3.32. The van der Waals surface area contributed by atoms with Crippen molar-refractivity contribution in [3.63, 3.8) is 0 Å². The summed E-state index contributed by atoms with van der Waals surface area (Å²) in [5, 5.41) is 3.43. The number of nitrogens with zero attached hydrogens (tertiary/aromatic N) is 2. The van der Waals surface area contributed by atoms with Gasteiger partial charge in [-0.15, -0.1) is 0 Å². The van der Waals surface area contributed by atoms with Crippen molar-refractivity contribution >= 4 is 15.9 Å². The van der Waals surface area contributed by atoms with Gasteiger partial charge in [-0.05, 0) is 32.9 Å². The van der Waals surface area contributed by atoms with Crippen molar-refractivity contribution in [1.29, 1.82) is 0 Å². The first-order valence-electron chi connectivity index (χ1n) is 6.27. The molecule has 0 bridgehead atoms. The number of aromatic nitrogens is 2. The molecule has 4 heteroatoms. The highest BCUT2D eigenvalue weighted by molar-refractivity contribution is 9.10. The van der Waals surface area contributed by atoms with E-state index in [4.69, 9.17) is 0 Å². The maximum Gasteiger partial charge on any atom is 0.160 e. The highest BCUT2D eigenvalue weighted by Crippen LogP contribution is 2.24. The molecule has 100 valence electrons. The van der Waals surface area contributed by atoms with E-state index in [0.717, 1.165) is 28.1 Å². The second-order valence-corrected chi connectivity index (χ2v) is 6.31. The molecule has 1 N–H and O–H groups in total. The fraction of sp³-hybridized carbons (Fsp3) is 0.333. The van der Waals surface area contributed by atoms with Gasteiger partial charge in [0, 0.05) is 28.3 Å². The van der Waals surface area contributed by atoms with Gasteiger partial charge in [0.15, 0.2) is 5.82 Å². The molecular formula is C15H18BrN3. The van der Waals surface area contributed by atoms with Gasteiger partial charge in [-0.3, -0.25) is 0 Å². The van der Waals surface area contributed by atoms with Crippen molar-refractivity contribution in [3.8, 4) is 11.4 Å². The summed E-state index contributed by atoms with van der Waals surface area (Å²) in [7, 11) is 0. The molecule has 0 unspecified atom stereocenters. The van der Waals surface area contributed by atoms with Crippen LogP contribution in [0, 0.1) is 0 Å². The quantitative estimate of drug-likeness (QED) is 0.935. The second kappa shape index (κ2) is 5.80. The summed E-state index contributed by atoms with van der Waals surface area (Å²) in [5.41, 5.74) is 2.09. The van der Waals surface area contributed by atoms with Crippen LogP contribution in [0.3, 0.4) is 0 Å². The molecule has 19 heavy (non-hydrogen) atoms. The van der Waals surface area contributed by atoms with E-state index in [1.807, 2.05) is 30.3 Å². The summed E-state index contributed by atoms with van der Waals surface area (Å²) in [5.74, 6) is 0.751. The van der Waals surface area contributed by atoms with Gasteiger partial charge in [0.25, 0.3) is 0 Å². The van der Waals surface area contributed by atoms with Gasteiger partial charge in [0.2, 0.25) is 0 Å². The number of hydrogen-bond donors (Lipinski definition) is 1. The van der Waals surface area contributed by atoms with Gasteiger partial charge < -0.3 is 5.32 Å². The molecule has 0 radical (unpaired) electrons. The molecular weight excluding hydrogens is 302 g/mol. The first kappa shape index (κ1) is 14.2. The first-order chi connectivity index (χ1) is 8.96. The van der Waals surface area contributed by atoms with E-state index >= 15 is 0 Å². The Hall–Kier alpha value is -1.26. The molecule has 0 atom stereocenters. The molecule has 2 rings (SSSR count). The highest BCUT2D eigenvalue weighted by atomic mass is 79.9. The van der Waals surface area contributed by atoms with E-state index in [0.29, 0.717) is 0 Å². The van der Waals surface area contributed by atoms with Crippen LogP contribution < -0.4 is 5.32 Å². The summed E-state index contributed by atoms with van der Waals surface area (Å²) in [6.07, 6.45) is 1.81. The lowest BCUT2D eigenvalue weighted by atomic mass is 10.1. The van der Waals surface area contributed by atoms with E-state index in [2.05, 4.69) is 52.0 Å². The van der Waals surface area contributed by atoms with Crippen LogP contribution in [0.15, 0.2) is 41.0 Å². The topological polar surface area (TPSA) is 37.8 Å². The number of nitrogens with one attached hydrogen (secondary N) is 1. The molecule has 3 nitrogen and oxygen atoms in total. The summed E-state index contributed by atoms with van der Waals surface area (Å²) in [6, 6.07) is 9.93. The molecule has 2 aromatic rings. The predicted molar refractivity (Wildman–Crippen MR) is 81.8 cm³/mol. The molecule has 0 saturated carbocycles. The Balaban J connectivity index is 2.23. The van der Waals surface area contributed by atoms with Crippen molar-refractivity contribution in [2.45, 2.75) is 32.9 Å². The van der Waals surface area contributed by atoms with E-state index in [-0.39, 0.29) is 5.54 Å². The van der Waals surface area contributed by atoms with Gasteiger partial charge in [-0.2, -0.15) is 0 Å². The molecule has 1 aromatic carbocycles. The van der Waals surface area contributed by atoms with Crippen molar-refractivity contribution in [1.82, 2.24) is 15.3 Å². The zero-order valence-electron chi connectivity index (χ0n) is 11.4. The lowest BCUT2D eigenvalue weighted by molar-refractivity contribution is 0.421. The van der Waals surface area contributed by atoms with Crippen molar-refractivity contribution in [2.75, 3.05) is 0 Å². The Morgan fingerprint density at radius 1 is 1.16 bits per heavy atom. The highest BCUT2D eigenvalue weighted by Gasteiger charge is 2.10. The van der Waals surface area contributed by atoms with Gasteiger partial charge in [-0.1, -0.05) is 34.1 Å². The average Bonchev–Trinajstić information content (AvgIpc) is 2.36. The maximum atomic E-state index is 4.60. The summed E-state index contributed by atoms with van der Waals surface area (Å²) < 4.78 is 1.01. The van der Waals surface area contributed by atoms with Crippen LogP contribution >= 0.6 is 15.9 Å². The van der Waals surface area contributed by atoms with Crippen LogP contribution in [0.2, 0.25) is 0 Å². The average molecular weight is 320 g/mol. The number of rotatable bonds is 3.